The van der Waals surface area contributed by atoms with E-state index in [0.29, 0.717) is 21.3 Å². The molecule has 1 heterocycles. The smallest absolute Gasteiger partial charge is 0.349 e. The zero-order chi connectivity index (χ0) is 17.3. The Hall–Kier alpha value is -2.67. The second kappa shape index (κ2) is 6.45. The molecular weight excluding hydrogens is 381 g/mol. The van der Waals surface area contributed by atoms with E-state index in [2.05, 4.69) is 21.2 Å². The van der Waals surface area contributed by atoms with Crippen LogP contribution in [0.4, 0.5) is 10.1 Å². The summed E-state index contributed by atoms with van der Waals surface area (Å²) in [6.07, 6.45) is 0. The van der Waals surface area contributed by atoms with E-state index in [0.717, 1.165) is 0 Å². The third-order valence-corrected chi connectivity index (χ3v) is 3.79. The van der Waals surface area contributed by atoms with Crippen molar-refractivity contribution in [3.8, 4) is 5.75 Å². The standard InChI is InChI=1S/C17H11BrFNO4/c1-23-14-8-10(18)6-9-7-13(17(22)24-15(9)14)16(21)20-12-4-2-11(19)3-5-12/h2-8H,1H3,(H,20,21). The molecule has 0 atom stereocenters. The molecule has 7 heteroatoms. The van der Waals surface area contributed by atoms with Crippen molar-refractivity contribution in [1.29, 1.82) is 0 Å². The lowest BCUT2D eigenvalue weighted by Crippen LogP contribution is -2.20. The molecule has 0 radical (unpaired) electrons. The number of hydrogen-bond donors (Lipinski definition) is 1. The lowest BCUT2D eigenvalue weighted by Gasteiger charge is -2.08. The molecule has 1 amide bonds. The van der Waals surface area contributed by atoms with Crippen molar-refractivity contribution in [1.82, 2.24) is 0 Å². The predicted molar refractivity (Wildman–Crippen MR) is 91.1 cm³/mol. The fourth-order valence-corrected chi connectivity index (χ4v) is 2.66. The number of rotatable bonds is 3. The summed E-state index contributed by atoms with van der Waals surface area (Å²) < 4.78 is 24.0. The lowest BCUT2D eigenvalue weighted by molar-refractivity contribution is 0.102. The second-order valence-electron chi connectivity index (χ2n) is 4.93. The molecule has 122 valence electrons. The van der Waals surface area contributed by atoms with Crippen LogP contribution in [0.25, 0.3) is 11.0 Å². The number of halogens is 2. The molecule has 1 aromatic heterocycles. The zero-order valence-corrected chi connectivity index (χ0v) is 14.0. The highest BCUT2D eigenvalue weighted by Gasteiger charge is 2.16. The SMILES string of the molecule is COc1cc(Br)cc2cc(C(=O)Nc3ccc(F)cc3)c(=O)oc12. The Bertz CT molecular complexity index is 982. The summed E-state index contributed by atoms with van der Waals surface area (Å²) in [7, 11) is 1.45. The summed E-state index contributed by atoms with van der Waals surface area (Å²) in [5, 5.41) is 3.06. The topological polar surface area (TPSA) is 68.5 Å². The summed E-state index contributed by atoms with van der Waals surface area (Å²) in [6.45, 7) is 0. The summed E-state index contributed by atoms with van der Waals surface area (Å²) in [4.78, 5) is 24.4. The predicted octanol–water partition coefficient (Wildman–Crippen LogP) is 3.96. The van der Waals surface area contributed by atoms with E-state index < -0.39 is 17.3 Å². The van der Waals surface area contributed by atoms with E-state index in [4.69, 9.17) is 9.15 Å². The van der Waals surface area contributed by atoms with Gasteiger partial charge in [-0.05, 0) is 42.5 Å². The molecule has 3 aromatic rings. The van der Waals surface area contributed by atoms with Gasteiger partial charge in [-0.25, -0.2) is 9.18 Å². The third kappa shape index (κ3) is 3.16. The molecule has 1 N–H and O–H groups in total. The van der Waals surface area contributed by atoms with E-state index in [1.165, 1.54) is 37.4 Å². The molecule has 0 aliphatic heterocycles. The van der Waals surface area contributed by atoms with Gasteiger partial charge in [0.25, 0.3) is 5.91 Å². The molecule has 0 bridgehead atoms. The highest BCUT2D eigenvalue weighted by atomic mass is 79.9. The number of methoxy groups -OCH3 is 1. The Morgan fingerprint density at radius 1 is 1.21 bits per heavy atom. The number of carbonyl (C=O) groups is 1. The quantitative estimate of drug-likeness (QED) is 0.686. The second-order valence-corrected chi connectivity index (χ2v) is 5.85. The number of anilines is 1. The summed E-state index contributed by atoms with van der Waals surface area (Å²) in [6, 6.07) is 10.00. The van der Waals surface area contributed by atoms with Gasteiger partial charge >= 0.3 is 5.63 Å². The lowest BCUT2D eigenvalue weighted by atomic mass is 10.1. The highest BCUT2D eigenvalue weighted by Crippen LogP contribution is 2.29. The molecule has 0 aliphatic carbocycles. The summed E-state index contributed by atoms with van der Waals surface area (Å²) in [5.41, 5.74) is -0.327. The minimum Gasteiger partial charge on any atom is -0.493 e. The molecule has 0 aliphatic rings. The monoisotopic (exact) mass is 391 g/mol. The zero-order valence-electron chi connectivity index (χ0n) is 12.4. The molecular formula is C17H11BrFNO4. The van der Waals surface area contributed by atoms with Gasteiger partial charge in [-0.1, -0.05) is 15.9 Å². The Kier molecular flexibility index (Phi) is 4.35. The maximum atomic E-state index is 12.9. The maximum absolute atomic E-state index is 12.9. The van der Waals surface area contributed by atoms with Crippen LogP contribution in [0.3, 0.4) is 0 Å². The fraction of sp³-hybridized carbons (Fsp3) is 0.0588. The van der Waals surface area contributed by atoms with Crippen molar-refractivity contribution in [3.05, 3.63) is 68.7 Å². The van der Waals surface area contributed by atoms with Crippen molar-refractivity contribution in [2.24, 2.45) is 0 Å². The number of ether oxygens (including phenoxy) is 1. The largest absolute Gasteiger partial charge is 0.493 e. The van der Waals surface area contributed by atoms with E-state index in [1.807, 2.05) is 0 Å². The first-order valence-corrected chi connectivity index (χ1v) is 7.65. The van der Waals surface area contributed by atoms with Crippen LogP contribution in [0.1, 0.15) is 10.4 Å². The first-order valence-electron chi connectivity index (χ1n) is 6.86. The Morgan fingerprint density at radius 2 is 1.92 bits per heavy atom. The first kappa shape index (κ1) is 16.2. The van der Waals surface area contributed by atoms with Gasteiger partial charge in [-0.2, -0.15) is 0 Å². The average molecular weight is 392 g/mol. The Morgan fingerprint density at radius 3 is 2.58 bits per heavy atom. The van der Waals surface area contributed by atoms with Crippen LogP contribution < -0.4 is 15.7 Å². The molecule has 0 unspecified atom stereocenters. The van der Waals surface area contributed by atoms with Gasteiger partial charge in [-0.3, -0.25) is 4.79 Å². The van der Waals surface area contributed by atoms with Gasteiger partial charge in [0.05, 0.1) is 7.11 Å². The first-order chi connectivity index (χ1) is 11.5. The molecule has 5 nitrogen and oxygen atoms in total. The summed E-state index contributed by atoms with van der Waals surface area (Å²) in [5.74, 6) is -0.687. The minimum absolute atomic E-state index is 0.160. The van der Waals surface area contributed by atoms with Crippen LogP contribution >= 0.6 is 15.9 Å². The number of nitrogens with one attached hydrogen (secondary N) is 1. The van der Waals surface area contributed by atoms with E-state index in [9.17, 15) is 14.0 Å². The van der Waals surface area contributed by atoms with Crippen molar-refractivity contribution < 1.29 is 18.3 Å². The minimum atomic E-state index is -0.789. The Balaban J connectivity index is 2.02. The number of carbonyl (C=O) groups excluding carboxylic acids is 1. The van der Waals surface area contributed by atoms with Crippen LogP contribution in [-0.4, -0.2) is 13.0 Å². The van der Waals surface area contributed by atoms with E-state index in [1.54, 1.807) is 12.1 Å². The van der Waals surface area contributed by atoms with Crippen molar-refractivity contribution in [2.75, 3.05) is 12.4 Å². The van der Waals surface area contributed by atoms with Crippen LogP contribution in [0.2, 0.25) is 0 Å². The number of hydrogen-bond acceptors (Lipinski definition) is 4. The van der Waals surface area contributed by atoms with Crippen LogP contribution in [0.15, 0.2) is 56.1 Å². The summed E-state index contributed by atoms with van der Waals surface area (Å²) >= 11 is 3.33. The molecule has 3 rings (SSSR count). The molecule has 24 heavy (non-hydrogen) atoms. The normalized spacial score (nSPS) is 10.6. The van der Waals surface area contributed by atoms with Gasteiger partial charge in [0.2, 0.25) is 0 Å². The van der Waals surface area contributed by atoms with Crippen LogP contribution in [0, 0.1) is 5.82 Å². The molecule has 0 fully saturated rings. The van der Waals surface area contributed by atoms with Crippen molar-refractivity contribution in [3.63, 3.8) is 0 Å². The van der Waals surface area contributed by atoms with Crippen LogP contribution in [-0.2, 0) is 0 Å². The number of amides is 1. The Labute approximate surface area is 144 Å². The fourth-order valence-electron chi connectivity index (χ4n) is 2.21. The molecule has 0 saturated heterocycles. The van der Waals surface area contributed by atoms with Crippen LogP contribution in [0.5, 0.6) is 5.75 Å². The van der Waals surface area contributed by atoms with Gasteiger partial charge in [0, 0.05) is 15.5 Å². The molecule has 0 saturated carbocycles. The average Bonchev–Trinajstić information content (AvgIpc) is 2.56. The van der Waals surface area contributed by atoms with Gasteiger partial charge in [0.15, 0.2) is 11.3 Å². The highest BCUT2D eigenvalue weighted by molar-refractivity contribution is 9.10. The van der Waals surface area contributed by atoms with Gasteiger partial charge in [-0.15, -0.1) is 0 Å². The number of benzene rings is 2. The molecule has 2 aromatic carbocycles. The van der Waals surface area contributed by atoms with Crippen molar-refractivity contribution >= 4 is 38.5 Å². The molecule has 0 spiro atoms. The van der Waals surface area contributed by atoms with E-state index in [-0.39, 0.29) is 11.1 Å². The van der Waals surface area contributed by atoms with Gasteiger partial charge < -0.3 is 14.5 Å². The maximum Gasteiger partial charge on any atom is 0.349 e. The van der Waals surface area contributed by atoms with Gasteiger partial charge in [0.1, 0.15) is 11.4 Å². The third-order valence-electron chi connectivity index (χ3n) is 3.33. The van der Waals surface area contributed by atoms with E-state index >= 15 is 0 Å². The number of fused-ring (bicyclic) bond motifs is 1. The van der Waals surface area contributed by atoms with Crippen molar-refractivity contribution in [2.45, 2.75) is 0 Å².